The molecule has 0 spiro atoms. The van der Waals surface area contributed by atoms with E-state index >= 15 is 0 Å². The van der Waals surface area contributed by atoms with Gasteiger partial charge in [-0.05, 0) is 30.5 Å². The van der Waals surface area contributed by atoms with Crippen LogP contribution in [0.25, 0.3) is 0 Å². The molecule has 1 aliphatic carbocycles. The summed E-state index contributed by atoms with van der Waals surface area (Å²) in [5, 5.41) is 0.232. The molecule has 0 saturated heterocycles. The SMILES string of the molecule is NCC1(c2cc(Br)cc(F)c2Cl)CCCC1. The van der Waals surface area contributed by atoms with Crippen LogP contribution in [-0.2, 0) is 5.41 Å². The highest BCUT2D eigenvalue weighted by Crippen LogP contribution is 2.44. The monoisotopic (exact) mass is 305 g/mol. The van der Waals surface area contributed by atoms with Gasteiger partial charge in [0.05, 0.1) is 5.02 Å². The first kappa shape index (κ1) is 12.3. The lowest BCUT2D eigenvalue weighted by atomic mass is 9.79. The predicted molar refractivity (Wildman–Crippen MR) is 68.3 cm³/mol. The molecule has 1 nitrogen and oxygen atoms in total. The average molecular weight is 307 g/mol. The van der Waals surface area contributed by atoms with Crippen LogP contribution in [-0.4, -0.2) is 6.54 Å². The Morgan fingerprint density at radius 2 is 2.00 bits per heavy atom. The van der Waals surface area contributed by atoms with Gasteiger partial charge in [0.2, 0.25) is 0 Å². The van der Waals surface area contributed by atoms with Crippen molar-refractivity contribution >= 4 is 27.5 Å². The molecule has 0 aliphatic heterocycles. The van der Waals surface area contributed by atoms with E-state index in [1.165, 1.54) is 6.07 Å². The standard InChI is InChI=1S/C12H14BrClFN/c13-8-5-9(11(14)10(15)6-8)12(7-16)3-1-2-4-12/h5-6H,1-4,7,16H2. The van der Waals surface area contributed by atoms with Gasteiger partial charge in [0.1, 0.15) is 5.82 Å². The molecule has 0 radical (unpaired) electrons. The second-order valence-electron chi connectivity index (χ2n) is 4.44. The van der Waals surface area contributed by atoms with Gasteiger partial charge < -0.3 is 5.73 Å². The van der Waals surface area contributed by atoms with Crippen molar-refractivity contribution in [1.29, 1.82) is 0 Å². The van der Waals surface area contributed by atoms with Crippen molar-refractivity contribution in [2.75, 3.05) is 6.54 Å². The first-order valence-corrected chi connectivity index (χ1v) is 6.61. The molecule has 4 heteroatoms. The fourth-order valence-corrected chi connectivity index (χ4v) is 3.32. The summed E-state index contributed by atoms with van der Waals surface area (Å²) in [5.74, 6) is -0.370. The summed E-state index contributed by atoms with van der Waals surface area (Å²) in [7, 11) is 0. The third-order valence-corrected chi connectivity index (χ3v) is 4.36. The Labute approximate surface area is 108 Å². The number of nitrogens with two attached hydrogens (primary N) is 1. The number of hydrogen-bond acceptors (Lipinski definition) is 1. The zero-order valence-electron chi connectivity index (χ0n) is 8.90. The molecule has 1 aromatic rings. The molecule has 1 aromatic carbocycles. The molecule has 0 atom stereocenters. The van der Waals surface area contributed by atoms with Crippen LogP contribution < -0.4 is 5.73 Å². The zero-order chi connectivity index (χ0) is 11.8. The normalized spacial score (nSPS) is 19.0. The van der Waals surface area contributed by atoms with E-state index in [1.54, 1.807) is 0 Å². The van der Waals surface area contributed by atoms with Crippen molar-refractivity contribution in [1.82, 2.24) is 0 Å². The van der Waals surface area contributed by atoms with Crippen LogP contribution >= 0.6 is 27.5 Å². The van der Waals surface area contributed by atoms with Crippen molar-refractivity contribution in [3.05, 3.63) is 33.0 Å². The Bertz CT molecular complexity index is 402. The summed E-state index contributed by atoms with van der Waals surface area (Å²) in [6, 6.07) is 3.30. The number of hydrogen-bond donors (Lipinski definition) is 1. The van der Waals surface area contributed by atoms with E-state index in [2.05, 4.69) is 15.9 Å². The van der Waals surface area contributed by atoms with Crippen LogP contribution in [0.2, 0.25) is 5.02 Å². The molecule has 88 valence electrons. The van der Waals surface area contributed by atoms with Crippen LogP contribution in [0.3, 0.4) is 0 Å². The van der Waals surface area contributed by atoms with E-state index in [4.69, 9.17) is 17.3 Å². The van der Waals surface area contributed by atoms with Gasteiger partial charge in [-0.1, -0.05) is 40.4 Å². The molecule has 1 fully saturated rings. The Kier molecular flexibility index (Phi) is 3.57. The first-order valence-electron chi connectivity index (χ1n) is 5.44. The van der Waals surface area contributed by atoms with E-state index in [9.17, 15) is 4.39 Å². The van der Waals surface area contributed by atoms with Gasteiger partial charge in [-0.2, -0.15) is 0 Å². The van der Waals surface area contributed by atoms with Gasteiger partial charge in [0, 0.05) is 16.4 Å². The summed E-state index contributed by atoms with van der Waals surface area (Å²) in [6.45, 7) is 0.530. The lowest BCUT2D eigenvalue weighted by Gasteiger charge is -2.29. The third-order valence-electron chi connectivity index (χ3n) is 3.52. The van der Waals surface area contributed by atoms with Crippen molar-refractivity contribution in [3.8, 4) is 0 Å². The molecule has 0 aromatic heterocycles. The molecule has 0 bridgehead atoms. The molecule has 0 heterocycles. The molecule has 16 heavy (non-hydrogen) atoms. The number of benzene rings is 1. The maximum atomic E-state index is 13.6. The molecule has 0 unspecified atom stereocenters. The molecule has 1 saturated carbocycles. The summed E-state index contributed by atoms with van der Waals surface area (Å²) in [6.07, 6.45) is 4.28. The van der Waals surface area contributed by atoms with Crippen molar-refractivity contribution in [2.24, 2.45) is 5.73 Å². The van der Waals surface area contributed by atoms with Gasteiger partial charge in [-0.25, -0.2) is 4.39 Å². The Morgan fingerprint density at radius 3 is 2.56 bits per heavy atom. The first-order chi connectivity index (χ1) is 7.59. The largest absolute Gasteiger partial charge is 0.330 e. The quantitative estimate of drug-likeness (QED) is 0.821. The Morgan fingerprint density at radius 1 is 1.38 bits per heavy atom. The highest BCUT2D eigenvalue weighted by Gasteiger charge is 2.36. The fraction of sp³-hybridized carbons (Fsp3) is 0.500. The summed E-state index contributed by atoms with van der Waals surface area (Å²) in [4.78, 5) is 0. The molecule has 0 amide bonds. The van der Waals surface area contributed by atoms with Gasteiger partial charge in [-0.3, -0.25) is 0 Å². The van der Waals surface area contributed by atoms with Crippen molar-refractivity contribution in [2.45, 2.75) is 31.1 Å². The van der Waals surface area contributed by atoms with Crippen LogP contribution in [0.4, 0.5) is 4.39 Å². The highest BCUT2D eigenvalue weighted by atomic mass is 79.9. The Balaban J connectivity index is 2.53. The van der Waals surface area contributed by atoms with E-state index < -0.39 is 0 Å². The summed E-state index contributed by atoms with van der Waals surface area (Å²) in [5.41, 5.74) is 6.61. The predicted octanol–water partition coefficient (Wildman–Crippen LogP) is 4.01. The van der Waals surface area contributed by atoms with Crippen LogP contribution in [0.5, 0.6) is 0 Å². The van der Waals surface area contributed by atoms with E-state index in [-0.39, 0.29) is 16.3 Å². The third kappa shape index (κ3) is 2.01. The summed E-state index contributed by atoms with van der Waals surface area (Å²) < 4.78 is 14.3. The van der Waals surface area contributed by atoms with Gasteiger partial charge >= 0.3 is 0 Å². The van der Waals surface area contributed by atoms with Crippen LogP contribution in [0, 0.1) is 5.82 Å². The van der Waals surface area contributed by atoms with Crippen LogP contribution in [0.15, 0.2) is 16.6 Å². The number of halogens is 3. The van der Waals surface area contributed by atoms with E-state index in [0.29, 0.717) is 6.54 Å². The topological polar surface area (TPSA) is 26.0 Å². The lowest BCUT2D eigenvalue weighted by Crippen LogP contribution is -2.32. The zero-order valence-corrected chi connectivity index (χ0v) is 11.2. The maximum Gasteiger partial charge on any atom is 0.143 e. The lowest BCUT2D eigenvalue weighted by molar-refractivity contribution is 0.449. The molecule has 2 N–H and O–H groups in total. The fourth-order valence-electron chi connectivity index (χ4n) is 2.58. The summed E-state index contributed by atoms with van der Waals surface area (Å²) >= 11 is 9.37. The molecular weight excluding hydrogens is 292 g/mol. The molecular formula is C12H14BrClFN. The van der Waals surface area contributed by atoms with Gasteiger partial charge in [-0.15, -0.1) is 0 Å². The minimum atomic E-state index is -0.370. The minimum absolute atomic E-state index is 0.123. The molecule has 1 aliphatic rings. The number of rotatable bonds is 2. The van der Waals surface area contributed by atoms with E-state index in [1.807, 2.05) is 6.07 Å². The van der Waals surface area contributed by atoms with Crippen molar-refractivity contribution in [3.63, 3.8) is 0 Å². The minimum Gasteiger partial charge on any atom is -0.330 e. The average Bonchev–Trinajstić information content (AvgIpc) is 2.73. The maximum absolute atomic E-state index is 13.6. The smallest absolute Gasteiger partial charge is 0.143 e. The van der Waals surface area contributed by atoms with Gasteiger partial charge in [0.15, 0.2) is 0 Å². The highest BCUT2D eigenvalue weighted by molar-refractivity contribution is 9.10. The van der Waals surface area contributed by atoms with Crippen molar-refractivity contribution < 1.29 is 4.39 Å². The Hall–Kier alpha value is -0.120. The van der Waals surface area contributed by atoms with E-state index in [0.717, 1.165) is 35.7 Å². The molecule has 2 rings (SSSR count). The second-order valence-corrected chi connectivity index (χ2v) is 5.73. The van der Waals surface area contributed by atoms with Crippen LogP contribution in [0.1, 0.15) is 31.2 Å². The second kappa shape index (κ2) is 4.63. The van der Waals surface area contributed by atoms with Gasteiger partial charge in [0.25, 0.3) is 0 Å².